The molecule has 0 saturated heterocycles. The van der Waals surface area contributed by atoms with Gasteiger partial charge in [0.05, 0.1) is 10.7 Å². The van der Waals surface area contributed by atoms with Crippen LogP contribution in [-0.2, 0) is 24.2 Å². The van der Waals surface area contributed by atoms with E-state index >= 15 is 0 Å². The summed E-state index contributed by atoms with van der Waals surface area (Å²) in [6.45, 7) is -0.179. The molecule has 4 rings (SSSR count). The van der Waals surface area contributed by atoms with Gasteiger partial charge in [-0.3, -0.25) is 19.3 Å². The predicted molar refractivity (Wildman–Crippen MR) is 139 cm³/mol. The van der Waals surface area contributed by atoms with Gasteiger partial charge in [-0.05, 0) is 72.4 Å². The normalized spacial score (nSPS) is 11.4. The monoisotopic (exact) mass is 515 g/mol. The molecule has 1 aliphatic rings. The van der Waals surface area contributed by atoms with E-state index in [-0.39, 0.29) is 18.3 Å². The summed E-state index contributed by atoms with van der Waals surface area (Å²) in [5.74, 6) is -1.89. The Morgan fingerprint density at radius 3 is 2.29 bits per heavy atom. The molecule has 0 saturated carbocycles. The minimum atomic E-state index is -1.12. The molecule has 0 aromatic heterocycles. The summed E-state index contributed by atoms with van der Waals surface area (Å²) in [6.07, 6.45) is 3.45. The first kappa shape index (κ1) is 27.9. The Hall–Kier alpha value is -3.39. The number of amides is 2. The van der Waals surface area contributed by atoms with Gasteiger partial charge in [0.2, 0.25) is 5.91 Å². The van der Waals surface area contributed by atoms with Crippen LogP contribution in [-0.4, -0.2) is 29.4 Å². The third-order valence-corrected chi connectivity index (χ3v) is 5.79. The summed E-state index contributed by atoms with van der Waals surface area (Å²) < 4.78 is 0. The van der Waals surface area contributed by atoms with Crippen molar-refractivity contribution >= 4 is 47.5 Å². The van der Waals surface area contributed by atoms with Gasteiger partial charge < -0.3 is 16.6 Å². The fraction of sp³-hybridized carbons (Fsp3) is 0.192. The molecule has 0 bridgehead atoms. The van der Waals surface area contributed by atoms with E-state index in [1.165, 1.54) is 17.5 Å². The van der Waals surface area contributed by atoms with E-state index in [1.807, 2.05) is 18.2 Å². The van der Waals surface area contributed by atoms with Crippen LogP contribution >= 0.6 is 24.0 Å². The van der Waals surface area contributed by atoms with E-state index < -0.39 is 18.4 Å². The zero-order chi connectivity index (χ0) is 24.7. The van der Waals surface area contributed by atoms with E-state index in [1.54, 1.807) is 48.5 Å². The Bertz CT molecular complexity index is 1220. The molecule has 0 unspecified atom stereocenters. The zero-order valence-electron chi connectivity index (χ0n) is 18.9. The third-order valence-electron chi connectivity index (χ3n) is 5.47. The van der Waals surface area contributed by atoms with Crippen LogP contribution in [0.1, 0.15) is 43.8 Å². The molecule has 7 nitrogen and oxygen atoms in total. The van der Waals surface area contributed by atoms with Gasteiger partial charge in [0.1, 0.15) is 6.54 Å². The number of aliphatic carboxylic acids is 1. The Kier molecular flexibility index (Phi) is 10.3. The van der Waals surface area contributed by atoms with Crippen molar-refractivity contribution in [2.24, 2.45) is 11.5 Å². The summed E-state index contributed by atoms with van der Waals surface area (Å²) in [4.78, 5) is 35.7. The highest BCUT2D eigenvalue weighted by Gasteiger charge is 2.22. The zero-order valence-corrected chi connectivity index (χ0v) is 20.5. The van der Waals surface area contributed by atoms with E-state index in [9.17, 15) is 14.4 Å². The van der Waals surface area contributed by atoms with Gasteiger partial charge in [-0.15, -0.1) is 12.4 Å². The number of fused-ring (bicyclic) bond motifs is 1. The molecule has 2 amide bonds. The number of hydrogen-bond donors (Lipinski definition) is 3. The molecule has 184 valence electrons. The summed E-state index contributed by atoms with van der Waals surface area (Å²) in [6, 6.07) is 19.1. The van der Waals surface area contributed by atoms with Crippen molar-refractivity contribution in [1.29, 1.82) is 0 Å². The number of aryl methyl sites for hydroxylation is 2. The Morgan fingerprint density at radius 1 is 0.914 bits per heavy atom. The van der Waals surface area contributed by atoms with Gasteiger partial charge in [-0.25, -0.2) is 0 Å². The highest BCUT2D eigenvalue weighted by Crippen LogP contribution is 2.27. The predicted octanol–water partition coefficient (Wildman–Crippen LogP) is 4.23. The maximum Gasteiger partial charge on any atom is 0.323 e. The van der Waals surface area contributed by atoms with Crippen LogP contribution in [0.15, 0.2) is 66.7 Å². The number of primary amides is 1. The number of carboxylic acids is 1. The number of nitrogens with zero attached hydrogens (tertiary/aromatic N) is 1. The van der Waals surface area contributed by atoms with Crippen LogP contribution in [0.3, 0.4) is 0 Å². The van der Waals surface area contributed by atoms with Crippen molar-refractivity contribution in [1.82, 2.24) is 0 Å². The molecule has 0 fully saturated rings. The van der Waals surface area contributed by atoms with Crippen molar-refractivity contribution < 1.29 is 19.5 Å². The molecule has 0 radical (unpaired) electrons. The second-order valence-corrected chi connectivity index (χ2v) is 8.25. The fourth-order valence-electron chi connectivity index (χ4n) is 3.78. The number of nitrogens with two attached hydrogens (primary N) is 2. The summed E-state index contributed by atoms with van der Waals surface area (Å²) in [5, 5.41) is 9.39. The van der Waals surface area contributed by atoms with Gasteiger partial charge in [-0.1, -0.05) is 41.9 Å². The Labute approximate surface area is 215 Å². The summed E-state index contributed by atoms with van der Waals surface area (Å²) in [7, 11) is 0. The van der Waals surface area contributed by atoms with Gasteiger partial charge >= 0.3 is 5.97 Å². The van der Waals surface area contributed by atoms with E-state index in [4.69, 9.17) is 28.2 Å². The quantitative estimate of drug-likeness (QED) is 0.452. The molecule has 5 N–H and O–H groups in total. The lowest BCUT2D eigenvalue weighted by Gasteiger charge is -2.22. The number of carboxylic acid groups (broad SMARTS) is 1. The highest BCUT2D eigenvalue weighted by molar-refractivity contribution is 6.34. The number of anilines is 1. The molecule has 1 aliphatic carbocycles. The number of halogens is 2. The smallest absolute Gasteiger partial charge is 0.323 e. The van der Waals surface area contributed by atoms with E-state index in [0.717, 1.165) is 23.3 Å². The van der Waals surface area contributed by atoms with Crippen LogP contribution in [0.4, 0.5) is 5.69 Å². The Balaban J connectivity index is 0.000000280. The number of carbonyl (C=O) groups excluding carboxylic acids is 2. The molecule has 3 aromatic carbocycles. The lowest BCUT2D eigenvalue weighted by Crippen LogP contribution is -2.36. The molecule has 9 heteroatoms. The SMILES string of the molecule is Cl.NC(=O)c1ccc2c(c1)CCC2.NCc1cccc(C(=O)N(CC(=O)O)c2ccccc2Cl)c1. The number of rotatable bonds is 6. The topological polar surface area (TPSA) is 127 Å². The second kappa shape index (κ2) is 12.9. The summed E-state index contributed by atoms with van der Waals surface area (Å²) in [5.41, 5.74) is 15.6. The molecule has 0 spiro atoms. The van der Waals surface area contributed by atoms with E-state index in [0.29, 0.717) is 28.4 Å². The van der Waals surface area contributed by atoms with Gasteiger partial charge in [0, 0.05) is 17.7 Å². The van der Waals surface area contributed by atoms with Crippen LogP contribution in [0.5, 0.6) is 0 Å². The first-order chi connectivity index (χ1) is 16.3. The molecular formula is C26H27Cl2N3O4. The molecule has 0 aliphatic heterocycles. The minimum Gasteiger partial charge on any atom is -0.480 e. The number of carbonyl (C=O) groups is 3. The van der Waals surface area contributed by atoms with Gasteiger partial charge in [-0.2, -0.15) is 0 Å². The van der Waals surface area contributed by atoms with Crippen molar-refractivity contribution in [2.45, 2.75) is 25.8 Å². The fourth-order valence-corrected chi connectivity index (χ4v) is 4.02. The largest absolute Gasteiger partial charge is 0.480 e. The highest BCUT2D eigenvalue weighted by atomic mass is 35.5. The van der Waals surface area contributed by atoms with Crippen LogP contribution in [0, 0.1) is 0 Å². The van der Waals surface area contributed by atoms with Crippen LogP contribution < -0.4 is 16.4 Å². The molecular weight excluding hydrogens is 489 g/mol. The molecule has 0 heterocycles. The first-order valence-electron chi connectivity index (χ1n) is 10.8. The third kappa shape index (κ3) is 7.29. The summed E-state index contributed by atoms with van der Waals surface area (Å²) >= 11 is 6.09. The number of benzene rings is 3. The maximum atomic E-state index is 12.7. The van der Waals surface area contributed by atoms with Gasteiger partial charge in [0.15, 0.2) is 0 Å². The van der Waals surface area contributed by atoms with E-state index in [2.05, 4.69) is 0 Å². The molecule has 3 aromatic rings. The van der Waals surface area contributed by atoms with Gasteiger partial charge in [0.25, 0.3) is 5.91 Å². The lowest BCUT2D eigenvalue weighted by molar-refractivity contribution is -0.135. The standard InChI is InChI=1S/C16H15ClN2O3.C10H11NO.ClH/c17-13-6-1-2-7-14(13)19(10-15(20)21)16(22)12-5-3-4-11(8-12)9-18;11-10(12)9-5-4-7-2-1-3-8(7)6-9;/h1-8H,9-10,18H2,(H,20,21);4-6H,1-3H2,(H2,11,12);1H. The number of hydrogen-bond acceptors (Lipinski definition) is 4. The lowest BCUT2D eigenvalue weighted by atomic mass is 10.1. The molecule has 0 atom stereocenters. The van der Waals surface area contributed by atoms with Crippen LogP contribution in [0.25, 0.3) is 0 Å². The number of para-hydroxylation sites is 1. The van der Waals surface area contributed by atoms with Crippen molar-refractivity contribution in [2.75, 3.05) is 11.4 Å². The Morgan fingerprint density at radius 2 is 1.63 bits per heavy atom. The van der Waals surface area contributed by atoms with Crippen molar-refractivity contribution in [3.63, 3.8) is 0 Å². The maximum absolute atomic E-state index is 12.7. The average Bonchev–Trinajstić information content (AvgIpc) is 3.31. The average molecular weight is 516 g/mol. The van der Waals surface area contributed by atoms with Crippen LogP contribution in [0.2, 0.25) is 5.02 Å². The first-order valence-corrected chi connectivity index (χ1v) is 11.2. The van der Waals surface area contributed by atoms with Crippen molar-refractivity contribution in [3.05, 3.63) is 99.6 Å². The molecule has 35 heavy (non-hydrogen) atoms. The second-order valence-electron chi connectivity index (χ2n) is 7.84. The van der Waals surface area contributed by atoms with Crippen molar-refractivity contribution in [3.8, 4) is 0 Å². The minimum absolute atomic E-state index is 0.